The van der Waals surface area contributed by atoms with Gasteiger partial charge in [-0.3, -0.25) is 4.98 Å². The number of pyridine rings is 2. The molecule has 1 aromatic carbocycles. The lowest BCUT2D eigenvalue weighted by Gasteiger charge is -2.06. The van der Waals surface area contributed by atoms with Crippen LogP contribution in [0.5, 0.6) is 0 Å². The largest absolute Gasteiger partial charge is 0.392 e. The van der Waals surface area contributed by atoms with E-state index >= 15 is 0 Å². The van der Waals surface area contributed by atoms with Crippen LogP contribution >= 0.6 is 0 Å². The number of nitrogens with zero attached hydrogens (tertiary/aromatic N) is 2. The number of hydrogen-bond donors (Lipinski definition) is 1. The monoisotopic (exact) mass is 254 g/mol. The summed E-state index contributed by atoms with van der Waals surface area (Å²) >= 11 is 0. The summed E-state index contributed by atoms with van der Waals surface area (Å²) in [7, 11) is 0. The molecule has 3 rings (SSSR count). The predicted octanol–water partition coefficient (Wildman–Crippen LogP) is 2.93. The third-order valence-electron chi connectivity index (χ3n) is 2.99. The lowest BCUT2D eigenvalue weighted by Crippen LogP contribution is -1.94. The summed E-state index contributed by atoms with van der Waals surface area (Å²) in [6.45, 7) is -0.118. The molecule has 0 atom stereocenters. The molecule has 0 fully saturated rings. The minimum atomic E-state index is -0.316. The van der Waals surface area contributed by atoms with Crippen LogP contribution in [0.2, 0.25) is 0 Å². The van der Waals surface area contributed by atoms with E-state index in [1.54, 1.807) is 42.6 Å². The molecule has 2 aromatic heterocycles. The standard InChI is InChI=1S/C15H11FN2O/c16-12-4-2-1-3-11(12)13-5-6-14-15(18-13)10(9-19)7-8-17-14/h1-8,19H,9H2. The van der Waals surface area contributed by atoms with Gasteiger partial charge in [-0.15, -0.1) is 0 Å². The lowest BCUT2D eigenvalue weighted by atomic mass is 10.1. The van der Waals surface area contributed by atoms with Gasteiger partial charge < -0.3 is 5.11 Å². The maximum absolute atomic E-state index is 13.8. The molecule has 19 heavy (non-hydrogen) atoms. The normalized spacial score (nSPS) is 10.8. The van der Waals surface area contributed by atoms with Gasteiger partial charge in [0.1, 0.15) is 5.82 Å². The predicted molar refractivity (Wildman–Crippen MR) is 70.9 cm³/mol. The number of aliphatic hydroxyl groups excluding tert-OH is 1. The molecule has 0 radical (unpaired) electrons. The van der Waals surface area contributed by atoms with Gasteiger partial charge in [0.15, 0.2) is 0 Å². The lowest BCUT2D eigenvalue weighted by molar-refractivity contribution is 0.283. The molecular weight excluding hydrogens is 243 g/mol. The van der Waals surface area contributed by atoms with Gasteiger partial charge in [0.25, 0.3) is 0 Å². The molecule has 3 nitrogen and oxygen atoms in total. The zero-order valence-corrected chi connectivity index (χ0v) is 10.0. The van der Waals surface area contributed by atoms with Gasteiger partial charge in [0.05, 0.1) is 23.3 Å². The van der Waals surface area contributed by atoms with Gasteiger partial charge in [-0.1, -0.05) is 12.1 Å². The molecule has 3 aromatic rings. The van der Waals surface area contributed by atoms with E-state index in [0.29, 0.717) is 27.9 Å². The van der Waals surface area contributed by atoms with E-state index in [9.17, 15) is 9.50 Å². The molecule has 0 aliphatic heterocycles. The molecule has 2 heterocycles. The van der Waals surface area contributed by atoms with Crippen molar-refractivity contribution in [2.45, 2.75) is 6.61 Å². The Bertz CT molecular complexity index is 743. The first-order chi connectivity index (χ1) is 9.29. The van der Waals surface area contributed by atoms with Crippen LogP contribution < -0.4 is 0 Å². The molecule has 1 N–H and O–H groups in total. The number of aromatic nitrogens is 2. The Morgan fingerprint density at radius 3 is 2.68 bits per heavy atom. The second kappa shape index (κ2) is 4.74. The third kappa shape index (κ3) is 2.06. The van der Waals surface area contributed by atoms with Gasteiger partial charge in [0.2, 0.25) is 0 Å². The summed E-state index contributed by atoms with van der Waals surface area (Å²) < 4.78 is 13.8. The second-order valence-electron chi connectivity index (χ2n) is 4.17. The van der Waals surface area contributed by atoms with Crippen molar-refractivity contribution in [1.82, 2.24) is 9.97 Å². The highest BCUT2D eigenvalue weighted by atomic mass is 19.1. The van der Waals surface area contributed by atoms with Crippen molar-refractivity contribution in [1.29, 1.82) is 0 Å². The van der Waals surface area contributed by atoms with Gasteiger partial charge in [0, 0.05) is 17.3 Å². The Hall–Kier alpha value is -2.33. The van der Waals surface area contributed by atoms with Crippen molar-refractivity contribution in [2.24, 2.45) is 0 Å². The zero-order chi connectivity index (χ0) is 13.2. The molecular formula is C15H11FN2O. The van der Waals surface area contributed by atoms with Crippen LogP contribution in [0.25, 0.3) is 22.3 Å². The number of fused-ring (bicyclic) bond motifs is 1. The van der Waals surface area contributed by atoms with Crippen molar-refractivity contribution in [2.75, 3.05) is 0 Å². The van der Waals surface area contributed by atoms with Crippen LogP contribution in [0.1, 0.15) is 5.56 Å². The van der Waals surface area contributed by atoms with E-state index in [0.717, 1.165) is 0 Å². The summed E-state index contributed by atoms with van der Waals surface area (Å²) in [6.07, 6.45) is 1.62. The highest BCUT2D eigenvalue weighted by Crippen LogP contribution is 2.24. The van der Waals surface area contributed by atoms with E-state index in [1.165, 1.54) is 6.07 Å². The van der Waals surface area contributed by atoms with E-state index in [4.69, 9.17) is 0 Å². The molecule has 94 valence electrons. The Balaban J connectivity index is 2.24. The van der Waals surface area contributed by atoms with Gasteiger partial charge in [-0.05, 0) is 30.3 Å². The van der Waals surface area contributed by atoms with Gasteiger partial charge in [-0.25, -0.2) is 9.37 Å². The number of halogens is 1. The van der Waals surface area contributed by atoms with Crippen LogP contribution in [0, 0.1) is 5.82 Å². The molecule has 0 spiro atoms. The third-order valence-corrected chi connectivity index (χ3v) is 2.99. The molecule has 0 bridgehead atoms. The minimum absolute atomic E-state index is 0.118. The first kappa shape index (κ1) is 11.7. The number of benzene rings is 1. The van der Waals surface area contributed by atoms with E-state index in [1.807, 2.05) is 0 Å². The van der Waals surface area contributed by atoms with E-state index in [-0.39, 0.29) is 12.4 Å². The molecule has 0 aliphatic carbocycles. The number of hydrogen-bond acceptors (Lipinski definition) is 3. The summed E-state index contributed by atoms with van der Waals surface area (Å²) in [4.78, 5) is 8.59. The summed E-state index contributed by atoms with van der Waals surface area (Å²) in [5.41, 5.74) is 2.95. The maximum Gasteiger partial charge on any atom is 0.132 e. The molecule has 0 saturated carbocycles. The van der Waals surface area contributed by atoms with Gasteiger partial charge >= 0.3 is 0 Å². The molecule has 0 saturated heterocycles. The quantitative estimate of drug-likeness (QED) is 0.764. The average Bonchev–Trinajstić information content (AvgIpc) is 2.46. The molecule has 4 heteroatoms. The highest BCUT2D eigenvalue weighted by molar-refractivity contribution is 5.80. The number of rotatable bonds is 2. The maximum atomic E-state index is 13.8. The fourth-order valence-corrected chi connectivity index (χ4v) is 2.03. The average molecular weight is 254 g/mol. The summed E-state index contributed by atoms with van der Waals surface area (Å²) in [6, 6.07) is 11.7. The van der Waals surface area contributed by atoms with Crippen LogP contribution in [-0.4, -0.2) is 15.1 Å². The topological polar surface area (TPSA) is 46.0 Å². The first-order valence-electron chi connectivity index (χ1n) is 5.90. The first-order valence-corrected chi connectivity index (χ1v) is 5.90. The van der Waals surface area contributed by atoms with Crippen molar-refractivity contribution in [3.63, 3.8) is 0 Å². The SMILES string of the molecule is OCc1ccnc2ccc(-c3ccccc3F)nc12. The summed E-state index contributed by atoms with van der Waals surface area (Å²) in [5.74, 6) is -0.316. The van der Waals surface area contributed by atoms with E-state index < -0.39 is 0 Å². The Kier molecular flexibility index (Phi) is 2.93. The van der Waals surface area contributed by atoms with Gasteiger partial charge in [-0.2, -0.15) is 0 Å². The van der Waals surface area contributed by atoms with Crippen molar-refractivity contribution >= 4 is 11.0 Å². The molecule has 0 unspecified atom stereocenters. The highest BCUT2D eigenvalue weighted by Gasteiger charge is 2.08. The Morgan fingerprint density at radius 2 is 1.89 bits per heavy atom. The van der Waals surface area contributed by atoms with Crippen LogP contribution in [0.3, 0.4) is 0 Å². The summed E-state index contributed by atoms with van der Waals surface area (Å²) in [5, 5.41) is 9.31. The Labute approximate surface area is 109 Å². The number of aliphatic hydroxyl groups is 1. The van der Waals surface area contributed by atoms with Crippen LogP contribution in [0.4, 0.5) is 4.39 Å². The smallest absolute Gasteiger partial charge is 0.132 e. The second-order valence-corrected chi connectivity index (χ2v) is 4.17. The van der Waals surface area contributed by atoms with Crippen molar-refractivity contribution in [3.8, 4) is 11.3 Å². The van der Waals surface area contributed by atoms with Crippen LogP contribution in [-0.2, 0) is 6.61 Å². The Morgan fingerprint density at radius 1 is 1.05 bits per heavy atom. The van der Waals surface area contributed by atoms with E-state index in [2.05, 4.69) is 9.97 Å². The zero-order valence-electron chi connectivity index (χ0n) is 10.0. The minimum Gasteiger partial charge on any atom is -0.392 e. The molecule has 0 amide bonds. The fraction of sp³-hybridized carbons (Fsp3) is 0.0667. The van der Waals surface area contributed by atoms with Crippen LogP contribution in [0.15, 0.2) is 48.7 Å². The fourth-order valence-electron chi connectivity index (χ4n) is 2.03. The molecule has 0 aliphatic rings. The van der Waals surface area contributed by atoms with Crippen molar-refractivity contribution < 1.29 is 9.50 Å². The van der Waals surface area contributed by atoms with Crippen molar-refractivity contribution in [3.05, 3.63) is 60.0 Å².